The maximum atomic E-state index is 12.0. The highest BCUT2D eigenvalue weighted by molar-refractivity contribution is 7.47. The minimum Gasteiger partial charge on any atom is -0.356 e. The predicted octanol–water partition coefficient (Wildman–Crippen LogP) is 3.22. The van der Waals surface area contributed by atoms with Crippen LogP contribution in [-0.4, -0.2) is 35.0 Å². The summed E-state index contributed by atoms with van der Waals surface area (Å²) in [5.41, 5.74) is 1.76. The van der Waals surface area contributed by atoms with Gasteiger partial charge in [-0.1, -0.05) is 18.2 Å². The molecule has 1 aromatic carbocycles. The SMILES string of the molecule is CC(C)OP(=O)(O)OCCCCNC(=O)Cc1cnc2ccccc2c1. The summed E-state index contributed by atoms with van der Waals surface area (Å²) in [6.07, 6.45) is 2.79. The average Bonchev–Trinajstić information content (AvgIpc) is 2.56. The van der Waals surface area contributed by atoms with Gasteiger partial charge in [0, 0.05) is 18.1 Å². The Kier molecular flexibility index (Phi) is 7.72. The molecule has 2 N–H and O–H groups in total. The molecule has 0 saturated heterocycles. The third-order valence-corrected chi connectivity index (χ3v) is 4.70. The van der Waals surface area contributed by atoms with Crippen LogP contribution >= 0.6 is 7.82 Å². The van der Waals surface area contributed by atoms with E-state index >= 15 is 0 Å². The number of aromatic nitrogens is 1. The van der Waals surface area contributed by atoms with E-state index in [1.165, 1.54) is 0 Å². The van der Waals surface area contributed by atoms with Gasteiger partial charge in [-0.05, 0) is 44.4 Å². The van der Waals surface area contributed by atoms with Crippen LogP contribution in [0.4, 0.5) is 0 Å². The van der Waals surface area contributed by atoms with E-state index in [4.69, 9.17) is 9.05 Å². The van der Waals surface area contributed by atoms with Gasteiger partial charge in [0.15, 0.2) is 0 Å². The van der Waals surface area contributed by atoms with Crippen molar-refractivity contribution in [1.82, 2.24) is 10.3 Å². The molecule has 0 aliphatic carbocycles. The third-order valence-electron chi connectivity index (χ3n) is 3.50. The summed E-state index contributed by atoms with van der Waals surface area (Å²) in [4.78, 5) is 25.7. The number of fused-ring (bicyclic) bond motifs is 1. The summed E-state index contributed by atoms with van der Waals surface area (Å²) in [5, 5.41) is 3.83. The van der Waals surface area contributed by atoms with Crippen molar-refractivity contribution in [2.45, 2.75) is 39.2 Å². The maximum Gasteiger partial charge on any atom is 0.472 e. The Morgan fingerprint density at radius 1 is 1.31 bits per heavy atom. The minimum absolute atomic E-state index is 0.0843. The lowest BCUT2D eigenvalue weighted by Gasteiger charge is -2.14. The Morgan fingerprint density at radius 3 is 2.85 bits per heavy atom. The monoisotopic (exact) mass is 380 g/mol. The molecule has 0 radical (unpaired) electrons. The number of nitrogens with zero attached hydrogens (tertiary/aromatic N) is 1. The molecule has 0 fully saturated rings. The first-order valence-electron chi connectivity index (χ1n) is 8.62. The number of phosphoric ester groups is 1. The van der Waals surface area contributed by atoms with E-state index in [0.29, 0.717) is 19.4 Å². The van der Waals surface area contributed by atoms with Crippen LogP contribution in [0.25, 0.3) is 10.9 Å². The normalized spacial score (nSPS) is 13.7. The lowest BCUT2D eigenvalue weighted by Crippen LogP contribution is -2.26. The molecule has 1 aromatic heterocycles. The van der Waals surface area contributed by atoms with Crippen LogP contribution in [0.15, 0.2) is 36.5 Å². The van der Waals surface area contributed by atoms with Gasteiger partial charge in [0.25, 0.3) is 0 Å². The van der Waals surface area contributed by atoms with Crippen LogP contribution < -0.4 is 5.32 Å². The van der Waals surface area contributed by atoms with E-state index in [1.54, 1.807) is 20.0 Å². The van der Waals surface area contributed by atoms with Crippen molar-refractivity contribution in [3.05, 3.63) is 42.1 Å². The molecule has 1 unspecified atom stereocenters. The number of rotatable bonds is 10. The van der Waals surface area contributed by atoms with Crippen LogP contribution in [0.2, 0.25) is 0 Å². The lowest BCUT2D eigenvalue weighted by atomic mass is 10.1. The summed E-state index contributed by atoms with van der Waals surface area (Å²) in [6.45, 7) is 3.90. The summed E-state index contributed by atoms with van der Waals surface area (Å²) in [5.74, 6) is -0.0843. The highest BCUT2D eigenvalue weighted by atomic mass is 31.2. The number of carbonyl (C=O) groups excluding carboxylic acids is 1. The molecular formula is C18H25N2O5P. The van der Waals surface area contributed by atoms with Gasteiger partial charge >= 0.3 is 7.82 Å². The number of benzene rings is 1. The highest BCUT2D eigenvalue weighted by Crippen LogP contribution is 2.44. The van der Waals surface area contributed by atoms with Crippen LogP contribution in [0, 0.1) is 0 Å². The zero-order valence-corrected chi connectivity index (χ0v) is 15.9. The van der Waals surface area contributed by atoms with Crippen LogP contribution in [0.5, 0.6) is 0 Å². The molecule has 0 aliphatic rings. The molecule has 2 rings (SSSR count). The summed E-state index contributed by atoms with van der Waals surface area (Å²) in [7, 11) is -3.98. The largest absolute Gasteiger partial charge is 0.472 e. The standard InChI is InChI=1S/C18H25N2O5P/c1-14(2)25-26(22,23)24-10-6-5-9-19-18(21)12-15-11-16-7-3-4-8-17(16)20-13-15/h3-4,7-8,11,13-14H,5-6,9-10,12H2,1-2H3,(H,19,21)(H,22,23). The summed E-state index contributed by atoms with van der Waals surface area (Å²) >= 11 is 0. The van der Waals surface area contributed by atoms with Crippen molar-refractivity contribution in [3.63, 3.8) is 0 Å². The molecule has 8 heteroatoms. The van der Waals surface area contributed by atoms with Crippen molar-refractivity contribution in [2.75, 3.05) is 13.2 Å². The van der Waals surface area contributed by atoms with Crippen molar-refractivity contribution in [2.24, 2.45) is 0 Å². The van der Waals surface area contributed by atoms with Gasteiger partial charge < -0.3 is 10.2 Å². The highest BCUT2D eigenvalue weighted by Gasteiger charge is 2.22. The number of unbranched alkanes of at least 4 members (excludes halogenated alkanes) is 1. The number of hydrogen-bond donors (Lipinski definition) is 2. The molecular weight excluding hydrogens is 355 g/mol. The molecule has 0 aliphatic heterocycles. The van der Waals surface area contributed by atoms with E-state index in [0.717, 1.165) is 16.5 Å². The predicted molar refractivity (Wildman–Crippen MR) is 99.7 cm³/mol. The second-order valence-electron chi connectivity index (χ2n) is 6.23. The van der Waals surface area contributed by atoms with E-state index < -0.39 is 7.82 Å². The van der Waals surface area contributed by atoms with Gasteiger partial charge in [-0.15, -0.1) is 0 Å². The Bertz CT molecular complexity index is 781. The van der Waals surface area contributed by atoms with Crippen molar-refractivity contribution >= 4 is 24.6 Å². The first-order chi connectivity index (χ1) is 12.4. The zero-order valence-electron chi connectivity index (χ0n) is 15.1. The van der Waals surface area contributed by atoms with Gasteiger partial charge in [0.1, 0.15) is 0 Å². The van der Waals surface area contributed by atoms with Gasteiger partial charge in [0.05, 0.1) is 24.6 Å². The molecule has 1 amide bonds. The molecule has 7 nitrogen and oxygen atoms in total. The molecule has 2 aromatic rings. The van der Waals surface area contributed by atoms with E-state index in [9.17, 15) is 14.3 Å². The first kappa shape index (κ1) is 20.5. The van der Waals surface area contributed by atoms with Gasteiger partial charge in [-0.25, -0.2) is 4.57 Å². The van der Waals surface area contributed by atoms with E-state index in [-0.39, 0.29) is 25.0 Å². The van der Waals surface area contributed by atoms with Crippen LogP contribution in [0.3, 0.4) is 0 Å². The number of hydrogen-bond acceptors (Lipinski definition) is 5. The molecule has 1 heterocycles. The number of para-hydroxylation sites is 1. The molecule has 0 bridgehead atoms. The Labute approximate surface area is 153 Å². The van der Waals surface area contributed by atoms with Gasteiger partial charge in [0.2, 0.25) is 5.91 Å². The lowest BCUT2D eigenvalue weighted by molar-refractivity contribution is -0.120. The Hall–Kier alpha value is -1.79. The fourth-order valence-electron chi connectivity index (χ4n) is 2.39. The van der Waals surface area contributed by atoms with E-state index in [2.05, 4.69) is 10.3 Å². The van der Waals surface area contributed by atoms with E-state index in [1.807, 2.05) is 30.3 Å². The number of phosphoric acid groups is 1. The maximum absolute atomic E-state index is 12.0. The quantitative estimate of drug-likeness (QED) is 0.485. The van der Waals surface area contributed by atoms with Gasteiger partial charge in [-0.3, -0.25) is 18.8 Å². The molecule has 142 valence electrons. The number of carbonyl (C=O) groups is 1. The second-order valence-corrected chi connectivity index (χ2v) is 7.63. The summed E-state index contributed by atoms with van der Waals surface area (Å²) < 4.78 is 21.1. The zero-order chi connectivity index (χ0) is 19.0. The Balaban J connectivity index is 1.65. The van der Waals surface area contributed by atoms with Crippen LogP contribution in [-0.2, 0) is 24.8 Å². The number of amides is 1. The van der Waals surface area contributed by atoms with Crippen molar-refractivity contribution in [3.8, 4) is 0 Å². The Morgan fingerprint density at radius 2 is 2.08 bits per heavy atom. The van der Waals surface area contributed by atoms with Crippen molar-refractivity contribution in [1.29, 1.82) is 0 Å². The number of nitrogens with one attached hydrogen (secondary N) is 1. The molecule has 1 atom stereocenters. The van der Waals surface area contributed by atoms with Crippen molar-refractivity contribution < 1.29 is 23.3 Å². The van der Waals surface area contributed by atoms with Gasteiger partial charge in [-0.2, -0.15) is 0 Å². The smallest absolute Gasteiger partial charge is 0.356 e. The topological polar surface area (TPSA) is 97.8 Å². The molecule has 26 heavy (non-hydrogen) atoms. The second kappa shape index (κ2) is 9.78. The first-order valence-corrected chi connectivity index (χ1v) is 10.1. The fraction of sp³-hybridized carbons (Fsp3) is 0.444. The fourth-order valence-corrected chi connectivity index (χ4v) is 3.35. The average molecular weight is 380 g/mol. The minimum atomic E-state index is -3.98. The number of pyridine rings is 1. The third kappa shape index (κ3) is 7.22. The molecule has 0 saturated carbocycles. The molecule has 0 spiro atoms. The van der Waals surface area contributed by atoms with Crippen LogP contribution in [0.1, 0.15) is 32.3 Å². The summed E-state index contributed by atoms with van der Waals surface area (Å²) in [6, 6.07) is 9.72.